The van der Waals surface area contributed by atoms with Crippen molar-refractivity contribution in [2.24, 2.45) is 0 Å². The van der Waals surface area contributed by atoms with Crippen molar-refractivity contribution in [2.45, 2.75) is 13.0 Å². The van der Waals surface area contributed by atoms with Crippen LogP contribution in [0.1, 0.15) is 6.92 Å². The molecule has 0 heterocycles. The summed E-state index contributed by atoms with van der Waals surface area (Å²) in [6.45, 7) is 8.33. The second kappa shape index (κ2) is 9.47. The molecule has 1 unspecified atom stereocenters. The molecule has 0 aromatic rings. The van der Waals surface area contributed by atoms with Gasteiger partial charge < -0.3 is 26.3 Å². The molecule has 0 rings (SSSR count). The molecule has 0 saturated heterocycles. The average molecular weight is 218 g/mol. The standard InChI is InChI=1S/C6H9O2.Li.H3O4P/c1-4-6(7)8-5(2)3;;1-5(2,3)4/h4-5H,1-2H2,3H3;;(H3,1,2,3,4)/q-1;+1;. The van der Waals surface area contributed by atoms with Crippen LogP contribution in [0.3, 0.4) is 0 Å². The fourth-order valence-corrected chi connectivity index (χ4v) is 0.246. The molecule has 78 valence electrons. The van der Waals surface area contributed by atoms with Crippen molar-refractivity contribution in [1.82, 2.24) is 0 Å². The number of rotatable bonds is 2. The molecule has 0 amide bonds. The predicted octanol–water partition coefficient (Wildman–Crippen LogP) is -2.99. The Morgan fingerprint density at radius 2 is 1.86 bits per heavy atom. The minimum absolute atomic E-state index is 0. The van der Waals surface area contributed by atoms with Crippen molar-refractivity contribution < 1.29 is 47.6 Å². The summed E-state index contributed by atoms with van der Waals surface area (Å²) in [7, 11) is -4.64. The number of hydrogen-bond acceptors (Lipinski definition) is 3. The maximum atomic E-state index is 10.2. The van der Waals surface area contributed by atoms with Crippen molar-refractivity contribution in [2.75, 3.05) is 0 Å². The Kier molecular flexibility index (Phi) is 13.2. The number of ether oxygens (including phenoxy) is 1. The first kappa shape index (κ1) is 19.5. The van der Waals surface area contributed by atoms with Crippen LogP contribution in [0.15, 0.2) is 12.7 Å². The molecule has 0 bridgehead atoms. The fraction of sp³-hybridized carbons (Fsp3) is 0.333. The van der Waals surface area contributed by atoms with Crippen LogP contribution in [0, 0.1) is 6.92 Å². The molecular weight excluding hydrogens is 206 g/mol. The Morgan fingerprint density at radius 1 is 1.57 bits per heavy atom. The molecule has 0 aromatic heterocycles. The molecule has 0 radical (unpaired) electrons. The van der Waals surface area contributed by atoms with Gasteiger partial charge in [-0.2, -0.15) is 0 Å². The summed E-state index contributed by atoms with van der Waals surface area (Å²) in [5, 5.41) is 0. The number of carbonyl (C=O) groups is 1. The van der Waals surface area contributed by atoms with E-state index in [1.165, 1.54) is 0 Å². The van der Waals surface area contributed by atoms with E-state index in [1.807, 2.05) is 0 Å². The van der Waals surface area contributed by atoms with Gasteiger partial charge in [-0.1, -0.05) is 13.5 Å². The van der Waals surface area contributed by atoms with Crippen LogP contribution >= 0.6 is 7.82 Å². The van der Waals surface area contributed by atoms with E-state index in [4.69, 9.17) is 19.2 Å². The number of hydrogen-bond donors (Lipinski definition) is 3. The van der Waals surface area contributed by atoms with E-state index in [0.717, 1.165) is 6.08 Å². The Morgan fingerprint density at radius 3 is 1.93 bits per heavy atom. The first-order valence-corrected chi connectivity index (χ1v) is 4.67. The van der Waals surface area contributed by atoms with Crippen molar-refractivity contribution in [1.29, 1.82) is 0 Å². The van der Waals surface area contributed by atoms with Crippen LogP contribution in [-0.4, -0.2) is 26.8 Å². The van der Waals surface area contributed by atoms with Gasteiger partial charge in [0.2, 0.25) is 0 Å². The fourth-order valence-electron chi connectivity index (χ4n) is 0.246. The Bertz CT molecular complexity index is 202. The summed E-state index contributed by atoms with van der Waals surface area (Å²) < 4.78 is 13.4. The van der Waals surface area contributed by atoms with Crippen LogP contribution < -0.4 is 18.9 Å². The van der Waals surface area contributed by atoms with Crippen LogP contribution in [0.5, 0.6) is 0 Å². The van der Waals surface area contributed by atoms with E-state index in [2.05, 4.69) is 18.2 Å². The SMILES string of the molecule is C=CC(=O)OC([CH2-])C.O=P(O)(O)O.[Li+]. The average Bonchev–Trinajstić information content (AvgIpc) is 1.82. The van der Waals surface area contributed by atoms with Gasteiger partial charge in [-0.25, -0.2) is 9.36 Å². The third-order valence-corrected chi connectivity index (χ3v) is 0.484. The molecule has 0 saturated carbocycles. The van der Waals surface area contributed by atoms with E-state index < -0.39 is 13.8 Å². The minimum Gasteiger partial charge on any atom is -0.493 e. The third kappa shape index (κ3) is 40.6. The van der Waals surface area contributed by atoms with Gasteiger partial charge >= 0.3 is 32.7 Å². The molecular formula is C6H12LiO6P. The summed E-state index contributed by atoms with van der Waals surface area (Å²) in [5.74, 6) is -0.424. The molecule has 0 fully saturated rings. The van der Waals surface area contributed by atoms with Gasteiger partial charge in [0.15, 0.2) is 0 Å². The van der Waals surface area contributed by atoms with Crippen molar-refractivity contribution >= 4 is 13.8 Å². The van der Waals surface area contributed by atoms with Gasteiger partial charge in [-0.3, -0.25) is 0 Å². The van der Waals surface area contributed by atoms with Crippen LogP contribution in [-0.2, 0) is 14.1 Å². The van der Waals surface area contributed by atoms with Gasteiger partial charge in [0.05, 0.1) is 0 Å². The predicted molar refractivity (Wildman–Crippen MR) is 45.4 cm³/mol. The summed E-state index contributed by atoms with van der Waals surface area (Å²) in [6.07, 6.45) is 0.822. The van der Waals surface area contributed by atoms with Crippen molar-refractivity contribution in [3.05, 3.63) is 19.6 Å². The van der Waals surface area contributed by atoms with Gasteiger partial charge in [-0.05, 0) is 6.10 Å². The van der Waals surface area contributed by atoms with E-state index in [0.29, 0.717) is 0 Å². The van der Waals surface area contributed by atoms with Crippen molar-refractivity contribution in [3.8, 4) is 0 Å². The van der Waals surface area contributed by atoms with Crippen LogP contribution in [0.2, 0.25) is 0 Å². The molecule has 0 aliphatic heterocycles. The first-order valence-electron chi connectivity index (χ1n) is 3.11. The molecule has 14 heavy (non-hydrogen) atoms. The smallest absolute Gasteiger partial charge is 0.493 e. The maximum Gasteiger partial charge on any atom is 1.00 e. The van der Waals surface area contributed by atoms with E-state index in [9.17, 15) is 4.79 Å². The van der Waals surface area contributed by atoms with Crippen molar-refractivity contribution in [3.63, 3.8) is 0 Å². The summed E-state index contributed by atoms with van der Waals surface area (Å²) >= 11 is 0. The normalized spacial score (nSPS) is 11.2. The monoisotopic (exact) mass is 218 g/mol. The van der Waals surface area contributed by atoms with E-state index >= 15 is 0 Å². The number of carbonyl (C=O) groups excluding carboxylic acids is 1. The second-order valence-corrected chi connectivity index (χ2v) is 2.99. The van der Waals surface area contributed by atoms with Gasteiger partial charge in [0.1, 0.15) is 0 Å². The zero-order valence-electron chi connectivity index (χ0n) is 8.08. The topological polar surface area (TPSA) is 104 Å². The molecule has 8 heteroatoms. The molecule has 0 aliphatic rings. The van der Waals surface area contributed by atoms with E-state index in [-0.39, 0.29) is 25.0 Å². The molecule has 3 N–H and O–H groups in total. The third-order valence-electron chi connectivity index (χ3n) is 0.484. The molecule has 0 spiro atoms. The Balaban J connectivity index is -0.000000177. The molecule has 0 aromatic carbocycles. The Hall–Kier alpha value is -0.0826. The summed E-state index contributed by atoms with van der Waals surface area (Å²) in [6, 6.07) is 0. The number of esters is 1. The van der Waals surface area contributed by atoms with Gasteiger partial charge in [0, 0.05) is 6.08 Å². The zero-order valence-corrected chi connectivity index (χ0v) is 8.98. The number of phosphoric acid groups is 1. The molecule has 6 nitrogen and oxygen atoms in total. The quantitative estimate of drug-likeness (QED) is 0.150. The van der Waals surface area contributed by atoms with Crippen LogP contribution in [0.4, 0.5) is 0 Å². The minimum atomic E-state index is -4.64. The first-order chi connectivity index (χ1) is 5.66. The largest absolute Gasteiger partial charge is 1.00 e. The molecule has 0 aliphatic carbocycles. The Labute approximate surface area is 94.4 Å². The zero-order chi connectivity index (χ0) is 11.1. The summed E-state index contributed by atoms with van der Waals surface area (Å²) in [5.41, 5.74) is 0. The molecule has 1 atom stereocenters. The second-order valence-electron chi connectivity index (χ2n) is 1.96. The maximum absolute atomic E-state index is 10.2. The van der Waals surface area contributed by atoms with Gasteiger partial charge in [-0.15, -0.1) is 0 Å². The van der Waals surface area contributed by atoms with Gasteiger partial charge in [0.25, 0.3) is 0 Å². The summed E-state index contributed by atoms with van der Waals surface area (Å²) in [4.78, 5) is 31.8. The van der Waals surface area contributed by atoms with Crippen LogP contribution in [0.25, 0.3) is 0 Å². The van der Waals surface area contributed by atoms with E-state index in [1.54, 1.807) is 6.92 Å².